The van der Waals surface area contributed by atoms with Gasteiger partial charge in [-0.05, 0) is 44.4 Å². The predicted octanol–water partition coefficient (Wildman–Crippen LogP) is 2.80. The third-order valence-electron chi connectivity index (χ3n) is 6.10. The van der Waals surface area contributed by atoms with E-state index in [2.05, 4.69) is 27.6 Å². The molecule has 3 fully saturated rings. The molecule has 1 unspecified atom stereocenters. The molecule has 2 aliphatic carbocycles. The smallest absolute Gasteiger partial charge is 0.226 e. The molecule has 0 N–H and O–H groups in total. The highest BCUT2D eigenvalue weighted by Gasteiger charge is 2.61. The van der Waals surface area contributed by atoms with Crippen LogP contribution in [0.1, 0.15) is 57.2 Å². The minimum Gasteiger partial charge on any atom is -0.342 e. The number of hydrogen-bond donors (Lipinski definition) is 0. The first-order valence-electron chi connectivity index (χ1n) is 8.53. The number of amides is 1. The Hall–Kier alpha value is -1.32. The summed E-state index contributed by atoms with van der Waals surface area (Å²) >= 11 is 0. The van der Waals surface area contributed by atoms with E-state index in [1.807, 2.05) is 6.20 Å². The zero-order valence-electron chi connectivity index (χ0n) is 12.9. The maximum absolute atomic E-state index is 12.6. The van der Waals surface area contributed by atoms with Crippen molar-refractivity contribution in [2.24, 2.45) is 11.3 Å². The fourth-order valence-corrected chi connectivity index (χ4v) is 4.41. The molecule has 1 aliphatic heterocycles. The third kappa shape index (κ3) is 2.11. The lowest BCUT2D eigenvalue weighted by Crippen LogP contribution is -2.40. The lowest BCUT2D eigenvalue weighted by atomic mass is 9.79. The Morgan fingerprint density at radius 1 is 1.38 bits per heavy atom. The molecule has 0 aromatic carbocycles. The fraction of sp³-hybridized carbons (Fsp3) is 0.765. The highest BCUT2D eigenvalue weighted by molar-refractivity contribution is 5.83. The van der Waals surface area contributed by atoms with Crippen LogP contribution in [0, 0.1) is 11.3 Å². The van der Waals surface area contributed by atoms with Crippen LogP contribution in [0.2, 0.25) is 0 Å². The normalized spacial score (nSPS) is 27.7. The number of nitrogens with zero attached hydrogens (tertiary/aromatic N) is 3. The van der Waals surface area contributed by atoms with Crippen LogP contribution in [-0.4, -0.2) is 33.4 Å². The number of hydrogen-bond acceptors (Lipinski definition) is 2. The van der Waals surface area contributed by atoms with Crippen LogP contribution in [0.4, 0.5) is 0 Å². The SMILES string of the molecule is CCn1ccnc1C1CCN(C(=O)C2CC23CCC3)CC1. The van der Waals surface area contributed by atoms with Gasteiger partial charge >= 0.3 is 0 Å². The second kappa shape index (κ2) is 4.85. The van der Waals surface area contributed by atoms with Gasteiger partial charge in [0.15, 0.2) is 0 Å². The van der Waals surface area contributed by atoms with E-state index in [4.69, 9.17) is 0 Å². The molecular formula is C17H25N3O. The average molecular weight is 287 g/mol. The summed E-state index contributed by atoms with van der Waals surface area (Å²) < 4.78 is 2.24. The van der Waals surface area contributed by atoms with Crippen molar-refractivity contribution in [2.45, 2.75) is 57.9 Å². The summed E-state index contributed by atoms with van der Waals surface area (Å²) in [5.74, 6) is 2.57. The van der Waals surface area contributed by atoms with E-state index in [0.717, 1.165) is 32.5 Å². The van der Waals surface area contributed by atoms with Gasteiger partial charge in [0.25, 0.3) is 0 Å². The van der Waals surface area contributed by atoms with E-state index in [1.165, 1.54) is 31.5 Å². The summed E-state index contributed by atoms with van der Waals surface area (Å²) in [6, 6.07) is 0. The van der Waals surface area contributed by atoms with Gasteiger partial charge in [-0.1, -0.05) is 6.42 Å². The van der Waals surface area contributed by atoms with Crippen molar-refractivity contribution in [2.75, 3.05) is 13.1 Å². The highest BCUT2D eigenvalue weighted by Crippen LogP contribution is 2.66. The van der Waals surface area contributed by atoms with Crippen molar-refractivity contribution < 1.29 is 4.79 Å². The number of carbonyl (C=O) groups excluding carboxylic acids is 1. The van der Waals surface area contributed by atoms with Crippen molar-refractivity contribution in [3.63, 3.8) is 0 Å². The maximum Gasteiger partial charge on any atom is 0.226 e. The van der Waals surface area contributed by atoms with Crippen LogP contribution in [0.25, 0.3) is 0 Å². The van der Waals surface area contributed by atoms with Gasteiger partial charge in [0, 0.05) is 43.9 Å². The van der Waals surface area contributed by atoms with Gasteiger partial charge in [-0.15, -0.1) is 0 Å². The largest absolute Gasteiger partial charge is 0.342 e. The average Bonchev–Trinajstić information content (AvgIpc) is 3.09. The standard InChI is InChI=1S/C17H25N3O/c1-2-19-11-8-18-15(19)13-4-9-20(10-5-13)16(21)14-12-17(14)6-3-7-17/h8,11,13-14H,2-7,9-10,12H2,1H3. The topological polar surface area (TPSA) is 38.1 Å². The molecule has 4 rings (SSSR count). The fourth-order valence-electron chi connectivity index (χ4n) is 4.41. The first-order valence-corrected chi connectivity index (χ1v) is 8.53. The zero-order chi connectivity index (χ0) is 14.4. The van der Waals surface area contributed by atoms with E-state index in [1.54, 1.807) is 0 Å². The lowest BCUT2D eigenvalue weighted by molar-refractivity contribution is -0.135. The summed E-state index contributed by atoms with van der Waals surface area (Å²) in [4.78, 5) is 19.3. The number of aromatic nitrogens is 2. The summed E-state index contributed by atoms with van der Waals surface area (Å²) in [5.41, 5.74) is 0.465. The van der Waals surface area contributed by atoms with E-state index >= 15 is 0 Å². The molecule has 1 aromatic rings. The Labute approximate surface area is 126 Å². The van der Waals surface area contributed by atoms with E-state index in [0.29, 0.717) is 23.2 Å². The van der Waals surface area contributed by atoms with Crippen molar-refractivity contribution in [1.29, 1.82) is 0 Å². The van der Waals surface area contributed by atoms with E-state index in [9.17, 15) is 4.79 Å². The molecule has 0 radical (unpaired) electrons. The third-order valence-corrected chi connectivity index (χ3v) is 6.10. The predicted molar refractivity (Wildman–Crippen MR) is 80.8 cm³/mol. The van der Waals surface area contributed by atoms with E-state index in [-0.39, 0.29) is 0 Å². The molecule has 21 heavy (non-hydrogen) atoms. The van der Waals surface area contributed by atoms with Gasteiger partial charge < -0.3 is 9.47 Å². The highest BCUT2D eigenvalue weighted by atomic mass is 16.2. The van der Waals surface area contributed by atoms with Crippen LogP contribution in [-0.2, 0) is 11.3 Å². The molecule has 2 saturated carbocycles. The molecule has 4 nitrogen and oxygen atoms in total. The Morgan fingerprint density at radius 2 is 2.14 bits per heavy atom. The van der Waals surface area contributed by atoms with Gasteiger partial charge in [0.05, 0.1) is 0 Å². The van der Waals surface area contributed by atoms with Gasteiger partial charge in [-0.2, -0.15) is 0 Å². The Kier molecular flexibility index (Phi) is 3.09. The number of likely N-dealkylation sites (tertiary alicyclic amines) is 1. The molecular weight excluding hydrogens is 262 g/mol. The summed E-state index contributed by atoms with van der Waals surface area (Å²) in [6.45, 7) is 4.99. The quantitative estimate of drug-likeness (QED) is 0.857. The van der Waals surface area contributed by atoms with Crippen molar-refractivity contribution in [3.05, 3.63) is 18.2 Å². The minimum absolute atomic E-state index is 0.375. The van der Waals surface area contributed by atoms with Gasteiger partial charge in [0.2, 0.25) is 5.91 Å². The molecule has 1 amide bonds. The van der Waals surface area contributed by atoms with E-state index < -0.39 is 0 Å². The van der Waals surface area contributed by atoms with Crippen LogP contribution in [0.3, 0.4) is 0 Å². The Balaban J connectivity index is 1.35. The van der Waals surface area contributed by atoms with Crippen LogP contribution in [0.5, 0.6) is 0 Å². The number of imidazole rings is 1. The number of piperidine rings is 1. The monoisotopic (exact) mass is 287 g/mol. The van der Waals surface area contributed by atoms with Crippen LogP contribution < -0.4 is 0 Å². The van der Waals surface area contributed by atoms with Crippen molar-refractivity contribution in [1.82, 2.24) is 14.5 Å². The Bertz CT molecular complexity index is 538. The maximum atomic E-state index is 12.6. The molecule has 2 heterocycles. The van der Waals surface area contributed by atoms with Crippen molar-refractivity contribution in [3.8, 4) is 0 Å². The molecule has 3 aliphatic rings. The van der Waals surface area contributed by atoms with Gasteiger partial charge in [0.1, 0.15) is 5.82 Å². The molecule has 1 atom stereocenters. The molecule has 1 aromatic heterocycles. The number of aryl methyl sites for hydroxylation is 1. The van der Waals surface area contributed by atoms with Crippen LogP contribution in [0.15, 0.2) is 12.4 Å². The van der Waals surface area contributed by atoms with Crippen LogP contribution >= 0.6 is 0 Å². The molecule has 0 bridgehead atoms. The first-order chi connectivity index (χ1) is 10.2. The van der Waals surface area contributed by atoms with Gasteiger partial charge in [-0.25, -0.2) is 4.98 Å². The van der Waals surface area contributed by atoms with Crippen molar-refractivity contribution >= 4 is 5.91 Å². The number of carbonyl (C=O) groups is 1. The lowest BCUT2D eigenvalue weighted by Gasteiger charge is -2.34. The summed E-state index contributed by atoms with van der Waals surface area (Å²) in [5, 5.41) is 0. The summed E-state index contributed by atoms with van der Waals surface area (Å²) in [6.07, 6.45) is 11.2. The molecule has 4 heteroatoms. The molecule has 1 saturated heterocycles. The van der Waals surface area contributed by atoms with Gasteiger partial charge in [-0.3, -0.25) is 4.79 Å². The zero-order valence-corrected chi connectivity index (χ0v) is 12.9. The second-order valence-electron chi connectivity index (χ2n) is 7.14. The molecule has 1 spiro atoms. The summed E-state index contributed by atoms with van der Waals surface area (Å²) in [7, 11) is 0. The number of rotatable bonds is 3. The molecule has 114 valence electrons. The Morgan fingerprint density at radius 3 is 2.71 bits per heavy atom. The minimum atomic E-state index is 0.375. The second-order valence-corrected chi connectivity index (χ2v) is 7.14. The first kappa shape index (κ1) is 13.4.